The topological polar surface area (TPSA) is 127 Å². The van der Waals surface area contributed by atoms with Crippen LogP contribution in [0.3, 0.4) is 0 Å². The Morgan fingerprint density at radius 2 is 1.85 bits per heavy atom. The molecular formula is C36H53NO8S. The molecule has 0 spiro atoms. The summed E-state index contributed by atoms with van der Waals surface area (Å²) in [5, 5.41) is 10.4. The number of aliphatic hydroxyl groups is 1. The number of nitrogens with two attached hydrogens (primary N) is 1. The molecule has 1 aromatic carbocycles. The summed E-state index contributed by atoms with van der Waals surface area (Å²) in [5.41, 5.74) is 7.78. The Kier molecular flexibility index (Phi) is 13.8. The highest BCUT2D eigenvalue weighted by atomic mass is 32.2. The summed E-state index contributed by atoms with van der Waals surface area (Å²) < 4.78 is 57.8. The highest BCUT2D eigenvalue weighted by molar-refractivity contribution is 7.91. The highest BCUT2D eigenvalue weighted by Crippen LogP contribution is 2.41. The molecule has 8 unspecified atom stereocenters. The van der Waals surface area contributed by atoms with Crippen LogP contribution in [0.1, 0.15) is 45.4 Å². The van der Waals surface area contributed by atoms with Gasteiger partial charge in [0.1, 0.15) is 0 Å². The van der Waals surface area contributed by atoms with Gasteiger partial charge in [-0.1, -0.05) is 56.5 Å². The lowest BCUT2D eigenvalue weighted by atomic mass is 9.83. The van der Waals surface area contributed by atoms with Gasteiger partial charge in [0.15, 0.2) is 9.84 Å². The van der Waals surface area contributed by atoms with E-state index in [1.54, 1.807) is 43.5 Å². The van der Waals surface area contributed by atoms with Crippen molar-refractivity contribution in [1.29, 1.82) is 0 Å². The molecule has 3 N–H and O–H groups in total. The zero-order valence-electron chi connectivity index (χ0n) is 27.4. The molecule has 0 radical (unpaired) electrons. The van der Waals surface area contributed by atoms with Crippen molar-refractivity contribution in [2.45, 2.75) is 99.2 Å². The number of methoxy groups -OCH3 is 1. The number of ether oxygens (including phenoxy) is 5. The maximum Gasteiger partial charge on any atom is 0.178 e. The van der Waals surface area contributed by atoms with Crippen LogP contribution >= 0.6 is 0 Å². The van der Waals surface area contributed by atoms with Crippen molar-refractivity contribution in [3.05, 3.63) is 79.4 Å². The Hall–Kier alpha value is -2.15. The Balaban J connectivity index is 1.42. The Labute approximate surface area is 275 Å². The SMILES string of the molecule is C=CCOC/C=C/C1CC(=C)C(CC[C@H]2CC(C)C(=C)C(CC3OC(CC(O)CN)[C@H](OC)C3CS(=O)(=O)c3ccccc3)O2)O1. The number of hydrogen-bond donors (Lipinski definition) is 2. The molecule has 10 atom stereocenters. The van der Waals surface area contributed by atoms with Crippen molar-refractivity contribution in [2.75, 3.05) is 32.6 Å². The fourth-order valence-electron chi connectivity index (χ4n) is 6.92. The molecule has 256 valence electrons. The van der Waals surface area contributed by atoms with Crippen molar-refractivity contribution in [3.8, 4) is 0 Å². The number of aliphatic hydroxyl groups excluding tert-OH is 1. The Morgan fingerprint density at radius 1 is 1.09 bits per heavy atom. The van der Waals surface area contributed by atoms with Crippen LogP contribution in [-0.2, 0) is 33.5 Å². The molecule has 3 aliphatic heterocycles. The average Bonchev–Trinajstić information content (AvgIpc) is 3.55. The first-order valence-corrected chi connectivity index (χ1v) is 18.1. The predicted molar refractivity (Wildman–Crippen MR) is 179 cm³/mol. The fourth-order valence-corrected chi connectivity index (χ4v) is 8.59. The van der Waals surface area contributed by atoms with Crippen molar-refractivity contribution in [1.82, 2.24) is 0 Å². The first-order valence-electron chi connectivity index (χ1n) is 16.4. The van der Waals surface area contributed by atoms with E-state index in [0.29, 0.717) is 19.6 Å². The highest BCUT2D eigenvalue weighted by Gasteiger charge is 2.48. The molecule has 3 saturated heterocycles. The molecule has 1 aromatic rings. The van der Waals surface area contributed by atoms with E-state index in [0.717, 1.165) is 36.8 Å². The summed E-state index contributed by atoms with van der Waals surface area (Å²) in [7, 11) is -2.08. The van der Waals surface area contributed by atoms with Crippen LogP contribution in [0.5, 0.6) is 0 Å². The molecule has 0 aromatic heterocycles. The van der Waals surface area contributed by atoms with Crippen LogP contribution < -0.4 is 5.73 Å². The van der Waals surface area contributed by atoms with Crippen molar-refractivity contribution in [3.63, 3.8) is 0 Å². The quantitative estimate of drug-likeness (QED) is 0.183. The van der Waals surface area contributed by atoms with Crippen LogP contribution in [-0.4, -0.2) is 95.0 Å². The minimum Gasteiger partial charge on any atom is -0.392 e. The molecule has 3 heterocycles. The zero-order chi connectivity index (χ0) is 33.3. The lowest BCUT2D eigenvalue weighted by Gasteiger charge is -2.38. The lowest BCUT2D eigenvalue weighted by Crippen LogP contribution is -2.40. The summed E-state index contributed by atoms with van der Waals surface area (Å²) in [6, 6.07) is 8.44. The Bertz CT molecular complexity index is 1280. The van der Waals surface area contributed by atoms with E-state index in [1.807, 2.05) is 12.2 Å². The van der Waals surface area contributed by atoms with Gasteiger partial charge in [-0.2, -0.15) is 0 Å². The van der Waals surface area contributed by atoms with E-state index in [2.05, 4.69) is 26.7 Å². The first-order chi connectivity index (χ1) is 22.1. The van der Waals surface area contributed by atoms with Crippen molar-refractivity contribution in [2.24, 2.45) is 17.6 Å². The molecule has 9 nitrogen and oxygen atoms in total. The van der Waals surface area contributed by atoms with Gasteiger partial charge in [0, 0.05) is 38.8 Å². The third kappa shape index (κ3) is 9.70. The molecule has 3 fully saturated rings. The zero-order valence-corrected chi connectivity index (χ0v) is 28.2. The smallest absolute Gasteiger partial charge is 0.178 e. The number of sulfone groups is 1. The maximum atomic E-state index is 13.5. The van der Waals surface area contributed by atoms with Gasteiger partial charge in [-0.3, -0.25) is 0 Å². The lowest BCUT2D eigenvalue weighted by molar-refractivity contribution is -0.0766. The fraction of sp³-hybridized carbons (Fsp3) is 0.611. The molecule has 0 saturated carbocycles. The van der Waals surface area contributed by atoms with Gasteiger partial charge in [0.2, 0.25) is 0 Å². The summed E-state index contributed by atoms with van der Waals surface area (Å²) in [4.78, 5) is 0.260. The van der Waals surface area contributed by atoms with E-state index in [4.69, 9.17) is 29.4 Å². The molecule has 3 aliphatic rings. The summed E-state index contributed by atoms with van der Waals surface area (Å²) in [6.45, 7) is 15.6. The van der Waals surface area contributed by atoms with E-state index >= 15 is 0 Å². The number of hydrogen-bond acceptors (Lipinski definition) is 9. The van der Waals surface area contributed by atoms with Gasteiger partial charge in [-0.05, 0) is 48.5 Å². The molecule has 46 heavy (non-hydrogen) atoms. The second-order valence-electron chi connectivity index (χ2n) is 12.8. The maximum absolute atomic E-state index is 13.5. The molecule has 10 heteroatoms. The van der Waals surface area contributed by atoms with E-state index in [9.17, 15) is 13.5 Å². The minimum atomic E-state index is -3.64. The van der Waals surface area contributed by atoms with Crippen molar-refractivity contribution >= 4 is 9.84 Å². The first kappa shape index (κ1) is 36.7. The second-order valence-corrected chi connectivity index (χ2v) is 14.9. The van der Waals surface area contributed by atoms with Gasteiger partial charge in [0.25, 0.3) is 0 Å². The van der Waals surface area contributed by atoms with Crippen LogP contribution in [0.4, 0.5) is 0 Å². The van der Waals surface area contributed by atoms with Gasteiger partial charge in [0.05, 0.1) is 72.7 Å². The predicted octanol–water partition coefficient (Wildman–Crippen LogP) is 4.56. The summed E-state index contributed by atoms with van der Waals surface area (Å²) in [5.74, 6) is -0.395. The second kappa shape index (κ2) is 17.3. The molecule has 0 bridgehead atoms. The van der Waals surface area contributed by atoms with Crippen LogP contribution in [0.2, 0.25) is 0 Å². The van der Waals surface area contributed by atoms with Crippen LogP contribution in [0, 0.1) is 11.8 Å². The molecule has 0 amide bonds. The van der Waals surface area contributed by atoms with E-state index < -0.39 is 40.2 Å². The van der Waals surface area contributed by atoms with Gasteiger partial charge in [-0.15, -0.1) is 6.58 Å². The van der Waals surface area contributed by atoms with Gasteiger partial charge < -0.3 is 34.5 Å². The normalized spacial score (nSPS) is 32.7. The molecule has 4 rings (SSSR count). The third-order valence-corrected chi connectivity index (χ3v) is 11.3. The average molecular weight is 660 g/mol. The third-order valence-electron chi connectivity index (χ3n) is 9.45. The largest absolute Gasteiger partial charge is 0.392 e. The molecular weight excluding hydrogens is 606 g/mol. The summed E-state index contributed by atoms with van der Waals surface area (Å²) >= 11 is 0. The number of rotatable bonds is 17. The molecule has 0 aliphatic carbocycles. The van der Waals surface area contributed by atoms with Crippen molar-refractivity contribution < 1.29 is 37.2 Å². The van der Waals surface area contributed by atoms with Crippen LogP contribution in [0.15, 0.2) is 84.3 Å². The van der Waals surface area contributed by atoms with Gasteiger partial charge >= 0.3 is 0 Å². The monoisotopic (exact) mass is 659 g/mol. The standard InChI is InChI=1S/C36H53NO8S/c1-6-16-42-17-10-11-28-19-25(3)32(43-28)15-14-29-18-24(2)26(4)33(44-29)21-34-31(23-46(39,40)30-12-8-7-9-13-30)36(41-5)35(45-34)20-27(38)22-37/h6-13,24,27-29,31-36,38H,1,3-4,14-23,37H2,2,5H3/b11-10+/t24?,27?,28?,29-,31?,32?,33?,34?,35?,36+/m0/s1. The van der Waals surface area contributed by atoms with Gasteiger partial charge in [-0.25, -0.2) is 8.42 Å². The van der Waals surface area contributed by atoms with E-state index in [-0.39, 0.29) is 53.9 Å². The summed E-state index contributed by atoms with van der Waals surface area (Å²) in [6.07, 6.45) is 7.02. The number of benzene rings is 1. The van der Waals surface area contributed by atoms with Crippen LogP contribution in [0.25, 0.3) is 0 Å². The minimum absolute atomic E-state index is 0.00775. The van der Waals surface area contributed by atoms with E-state index in [1.165, 1.54) is 0 Å². The Morgan fingerprint density at radius 3 is 2.54 bits per heavy atom.